The van der Waals surface area contributed by atoms with E-state index in [0.29, 0.717) is 11.8 Å². The molecule has 1 unspecified atom stereocenters. The van der Waals surface area contributed by atoms with E-state index in [1.54, 1.807) is 0 Å². The maximum absolute atomic E-state index is 12.3. The van der Waals surface area contributed by atoms with E-state index in [1.165, 1.54) is 24.8 Å². The lowest BCUT2D eigenvalue weighted by atomic mass is 9.81. The smallest absolute Gasteiger partial charge is 0.407 e. The summed E-state index contributed by atoms with van der Waals surface area (Å²) in [6, 6.07) is 10.5. The molecule has 0 heterocycles. The molecule has 25 heavy (non-hydrogen) atoms. The maximum Gasteiger partial charge on any atom is 0.407 e. The van der Waals surface area contributed by atoms with Crippen LogP contribution in [-0.2, 0) is 4.74 Å². The topological polar surface area (TPSA) is 38.3 Å². The van der Waals surface area contributed by atoms with E-state index in [1.807, 2.05) is 6.07 Å². The van der Waals surface area contributed by atoms with Gasteiger partial charge in [0.25, 0.3) is 0 Å². The zero-order valence-electron chi connectivity index (χ0n) is 14.3. The average molecular weight is 471 g/mol. The van der Waals surface area contributed by atoms with Gasteiger partial charge in [0.15, 0.2) is 0 Å². The van der Waals surface area contributed by atoms with E-state index in [9.17, 15) is 4.79 Å². The minimum Gasteiger partial charge on any atom is -0.446 e. The highest BCUT2D eigenvalue weighted by molar-refractivity contribution is 9.25. The molecule has 0 spiro atoms. The van der Waals surface area contributed by atoms with Crippen molar-refractivity contribution in [2.45, 2.75) is 53.8 Å². The average Bonchev–Trinajstić information content (AvgIpc) is 2.98. The SMILES string of the molecule is O=C(NCC1C[C@@H]2[C@H](C1)C2(Br)Br)O[C@@H]1CCCC[C@H]1c1ccccc1. The van der Waals surface area contributed by atoms with Crippen molar-refractivity contribution in [3.05, 3.63) is 35.9 Å². The van der Waals surface area contributed by atoms with Crippen LogP contribution in [0.3, 0.4) is 0 Å². The van der Waals surface area contributed by atoms with Gasteiger partial charge >= 0.3 is 6.09 Å². The molecule has 3 fully saturated rings. The third kappa shape index (κ3) is 3.78. The van der Waals surface area contributed by atoms with E-state index >= 15 is 0 Å². The lowest BCUT2D eigenvalue weighted by Crippen LogP contribution is -2.36. The maximum atomic E-state index is 12.3. The molecule has 3 saturated carbocycles. The van der Waals surface area contributed by atoms with Gasteiger partial charge in [-0.2, -0.15) is 0 Å². The van der Waals surface area contributed by atoms with Crippen LogP contribution in [0.5, 0.6) is 0 Å². The van der Waals surface area contributed by atoms with Gasteiger partial charge in [-0.3, -0.25) is 0 Å². The van der Waals surface area contributed by atoms with E-state index in [0.717, 1.165) is 37.6 Å². The predicted octanol–water partition coefficient (Wildman–Crippen LogP) is 5.58. The van der Waals surface area contributed by atoms with Crippen molar-refractivity contribution < 1.29 is 9.53 Å². The van der Waals surface area contributed by atoms with E-state index in [2.05, 4.69) is 61.4 Å². The quantitative estimate of drug-likeness (QED) is 0.583. The lowest BCUT2D eigenvalue weighted by molar-refractivity contribution is 0.0602. The molecule has 0 aliphatic heterocycles. The standard InChI is InChI=1S/C20H25Br2NO2/c21-20(22)16-10-13(11-17(16)20)12-23-19(24)25-18-9-5-4-8-15(18)14-6-2-1-3-7-14/h1-3,6-7,13,15-18H,4-5,8-12H2,(H,23,24)/t13?,15-,16-,17+,18+/m0/s1. The summed E-state index contributed by atoms with van der Waals surface area (Å²) in [5.41, 5.74) is 1.29. The molecule has 1 N–H and O–H groups in total. The predicted molar refractivity (Wildman–Crippen MR) is 106 cm³/mol. The van der Waals surface area contributed by atoms with Gasteiger partial charge in [0.2, 0.25) is 0 Å². The number of carbonyl (C=O) groups is 1. The highest BCUT2D eigenvalue weighted by Crippen LogP contribution is 2.70. The Labute approximate surface area is 166 Å². The van der Waals surface area contributed by atoms with Gasteiger partial charge in [0.05, 0.1) is 3.23 Å². The van der Waals surface area contributed by atoms with Gasteiger partial charge < -0.3 is 10.1 Å². The molecule has 5 heteroatoms. The van der Waals surface area contributed by atoms with Crippen molar-refractivity contribution in [2.75, 3.05) is 6.54 Å². The lowest BCUT2D eigenvalue weighted by Gasteiger charge is -2.31. The number of hydrogen-bond donors (Lipinski definition) is 1. The Kier molecular flexibility index (Phi) is 5.16. The second-order valence-corrected chi connectivity index (χ2v) is 11.5. The number of alkyl halides is 2. The number of ether oxygens (including phenoxy) is 1. The molecule has 136 valence electrons. The first kappa shape index (κ1) is 17.8. The summed E-state index contributed by atoms with van der Waals surface area (Å²) in [6.07, 6.45) is 6.55. The molecule has 3 aliphatic rings. The molecule has 4 rings (SSSR count). The number of fused-ring (bicyclic) bond motifs is 1. The molecular weight excluding hydrogens is 446 g/mol. The molecule has 5 atom stereocenters. The Morgan fingerprint density at radius 1 is 1.12 bits per heavy atom. The van der Waals surface area contributed by atoms with Crippen LogP contribution >= 0.6 is 31.9 Å². The summed E-state index contributed by atoms with van der Waals surface area (Å²) in [6.45, 7) is 0.741. The minimum absolute atomic E-state index is 0.00543. The zero-order chi connectivity index (χ0) is 17.4. The Bertz CT molecular complexity index is 607. The first-order valence-corrected chi connectivity index (χ1v) is 11.0. The fourth-order valence-electron chi connectivity index (χ4n) is 4.81. The normalized spacial score (nSPS) is 35.7. The molecule has 0 radical (unpaired) electrons. The molecule has 3 aliphatic carbocycles. The van der Waals surface area contributed by atoms with Crippen LogP contribution in [0.25, 0.3) is 0 Å². The summed E-state index contributed by atoms with van der Waals surface area (Å²) >= 11 is 7.47. The van der Waals surface area contributed by atoms with Crippen LogP contribution in [0.4, 0.5) is 4.79 Å². The number of rotatable bonds is 4. The molecular formula is C20H25Br2NO2. The second-order valence-electron chi connectivity index (χ2n) is 7.85. The van der Waals surface area contributed by atoms with Crippen LogP contribution in [0.2, 0.25) is 0 Å². The molecule has 1 aromatic carbocycles. The second kappa shape index (κ2) is 7.22. The van der Waals surface area contributed by atoms with Crippen molar-refractivity contribution in [1.29, 1.82) is 0 Å². The fourth-order valence-corrected chi connectivity index (χ4v) is 6.57. The third-order valence-corrected chi connectivity index (χ3v) is 8.62. The summed E-state index contributed by atoms with van der Waals surface area (Å²) in [4.78, 5) is 12.3. The van der Waals surface area contributed by atoms with Crippen LogP contribution in [0, 0.1) is 17.8 Å². The zero-order valence-corrected chi connectivity index (χ0v) is 17.5. The summed E-state index contributed by atoms with van der Waals surface area (Å²) in [5, 5.41) is 3.02. The van der Waals surface area contributed by atoms with Gasteiger partial charge in [0, 0.05) is 12.5 Å². The molecule has 1 amide bonds. The number of nitrogens with one attached hydrogen (secondary N) is 1. The fraction of sp³-hybridized carbons (Fsp3) is 0.650. The summed E-state index contributed by atoms with van der Waals surface area (Å²) < 4.78 is 6.01. The molecule has 0 saturated heterocycles. The molecule has 0 bridgehead atoms. The number of carbonyl (C=O) groups excluding carboxylic acids is 1. The van der Waals surface area contributed by atoms with Gasteiger partial charge in [-0.05, 0) is 55.4 Å². The number of amides is 1. The van der Waals surface area contributed by atoms with E-state index in [-0.39, 0.29) is 15.4 Å². The largest absolute Gasteiger partial charge is 0.446 e. The third-order valence-electron chi connectivity index (χ3n) is 6.26. The van der Waals surface area contributed by atoms with Crippen LogP contribution in [0.1, 0.15) is 50.0 Å². The van der Waals surface area contributed by atoms with Crippen molar-refractivity contribution in [3.8, 4) is 0 Å². The number of benzene rings is 1. The molecule has 1 aromatic rings. The number of alkyl carbamates (subject to hydrolysis) is 1. The number of halogens is 2. The minimum atomic E-state index is -0.239. The monoisotopic (exact) mass is 469 g/mol. The van der Waals surface area contributed by atoms with Crippen LogP contribution < -0.4 is 5.32 Å². The van der Waals surface area contributed by atoms with Crippen molar-refractivity contribution in [1.82, 2.24) is 5.32 Å². The van der Waals surface area contributed by atoms with Crippen LogP contribution in [-0.4, -0.2) is 22.0 Å². The Hall–Kier alpha value is -0.550. The van der Waals surface area contributed by atoms with Gasteiger partial charge in [0.1, 0.15) is 6.10 Å². The summed E-state index contributed by atoms with van der Waals surface area (Å²) in [5.74, 6) is 2.36. The van der Waals surface area contributed by atoms with E-state index in [4.69, 9.17) is 4.74 Å². The van der Waals surface area contributed by atoms with Gasteiger partial charge in [-0.25, -0.2) is 4.79 Å². The Morgan fingerprint density at radius 3 is 2.52 bits per heavy atom. The Morgan fingerprint density at radius 2 is 1.80 bits per heavy atom. The highest BCUT2D eigenvalue weighted by atomic mass is 79.9. The van der Waals surface area contributed by atoms with Crippen molar-refractivity contribution >= 4 is 38.0 Å². The highest BCUT2D eigenvalue weighted by Gasteiger charge is 2.65. The van der Waals surface area contributed by atoms with E-state index < -0.39 is 0 Å². The molecule has 3 nitrogen and oxygen atoms in total. The summed E-state index contributed by atoms with van der Waals surface area (Å²) in [7, 11) is 0. The Balaban J connectivity index is 1.27. The van der Waals surface area contributed by atoms with Crippen molar-refractivity contribution in [2.24, 2.45) is 17.8 Å². The van der Waals surface area contributed by atoms with Crippen molar-refractivity contribution in [3.63, 3.8) is 0 Å². The van der Waals surface area contributed by atoms with Crippen LogP contribution in [0.15, 0.2) is 30.3 Å². The van der Waals surface area contributed by atoms with Gasteiger partial charge in [-0.15, -0.1) is 0 Å². The first-order valence-electron chi connectivity index (χ1n) is 9.43. The number of hydrogen-bond acceptors (Lipinski definition) is 2. The molecule has 0 aromatic heterocycles. The van der Waals surface area contributed by atoms with Gasteiger partial charge in [-0.1, -0.05) is 68.6 Å². The first-order chi connectivity index (χ1) is 12.1.